The molecule has 0 radical (unpaired) electrons. The summed E-state index contributed by atoms with van der Waals surface area (Å²) in [5.41, 5.74) is 1.48. The predicted octanol–water partition coefficient (Wildman–Crippen LogP) is 5.00. The van der Waals surface area contributed by atoms with Crippen LogP contribution < -0.4 is 0 Å². The van der Waals surface area contributed by atoms with Gasteiger partial charge in [-0.05, 0) is 35.9 Å². The molecule has 0 aliphatic carbocycles. The first-order chi connectivity index (χ1) is 8.66. The standard InChI is InChI=1S/C15H10BrClO/c16-12-5-3-4-11(10-12)8-9-15(18)13-6-1-2-7-14(13)17/h1-10H/b9-8+. The SMILES string of the molecule is O=C(/C=C/c1cccc(Br)c1)c1ccccc1Cl. The van der Waals surface area contributed by atoms with E-state index in [0.29, 0.717) is 10.6 Å². The van der Waals surface area contributed by atoms with E-state index in [0.717, 1.165) is 10.0 Å². The molecule has 90 valence electrons. The Balaban J connectivity index is 2.20. The van der Waals surface area contributed by atoms with Crippen LogP contribution in [0.1, 0.15) is 15.9 Å². The summed E-state index contributed by atoms with van der Waals surface area (Å²) < 4.78 is 0.981. The number of rotatable bonds is 3. The molecule has 2 rings (SSSR count). The van der Waals surface area contributed by atoms with Gasteiger partial charge in [-0.25, -0.2) is 0 Å². The second-order valence-electron chi connectivity index (χ2n) is 3.73. The summed E-state index contributed by atoms with van der Waals surface area (Å²) in [5, 5.41) is 0.474. The second kappa shape index (κ2) is 5.98. The third kappa shape index (κ3) is 3.31. The van der Waals surface area contributed by atoms with Crippen molar-refractivity contribution in [2.45, 2.75) is 0 Å². The molecule has 2 aromatic carbocycles. The third-order valence-electron chi connectivity index (χ3n) is 2.42. The Morgan fingerprint density at radius 3 is 2.61 bits per heavy atom. The summed E-state index contributed by atoms with van der Waals surface area (Å²) in [4.78, 5) is 11.9. The lowest BCUT2D eigenvalue weighted by atomic mass is 10.1. The molecule has 2 aromatic rings. The van der Waals surface area contributed by atoms with Crippen molar-refractivity contribution < 1.29 is 4.79 Å². The minimum Gasteiger partial charge on any atom is -0.289 e. The van der Waals surface area contributed by atoms with Gasteiger partial charge in [-0.2, -0.15) is 0 Å². The van der Waals surface area contributed by atoms with Gasteiger partial charge in [0.2, 0.25) is 0 Å². The van der Waals surface area contributed by atoms with Crippen molar-refractivity contribution in [1.82, 2.24) is 0 Å². The molecule has 0 fully saturated rings. The van der Waals surface area contributed by atoms with Crippen LogP contribution in [0.5, 0.6) is 0 Å². The molecule has 0 amide bonds. The molecular formula is C15H10BrClO. The Labute approximate surface area is 119 Å². The Hall–Kier alpha value is -1.38. The average Bonchev–Trinajstić information content (AvgIpc) is 2.37. The summed E-state index contributed by atoms with van der Waals surface area (Å²) in [6.45, 7) is 0. The molecule has 3 heteroatoms. The van der Waals surface area contributed by atoms with Gasteiger partial charge in [-0.1, -0.05) is 57.9 Å². The van der Waals surface area contributed by atoms with Gasteiger partial charge < -0.3 is 0 Å². The molecule has 0 heterocycles. The zero-order chi connectivity index (χ0) is 13.0. The average molecular weight is 322 g/mol. The zero-order valence-electron chi connectivity index (χ0n) is 9.44. The van der Waals surface area contributed by atoms with Crippen LogP contribution in [0.15, 0.2) is 59.1 Å². The molecule has 18 heavy (non-hydrogen) atoms. The van der Waals surface area contributed by atoms with Crippen LogP contribution in [-0.2, 0) is 0 Å². The van der Waals surface area contributed by atoms with E-state index in [2.05, 4.69) is 15.9 Å². The first kappa shape index (κ1) is 13.1. The highest BCUT2D eigenvalue weighted by Gasteiger charge is 2.05. The number of hydrogen-bond donors (Lipinski definition) is 0. The highest BCUT2D eigenvalue weighted by molar-refractivity contribution is 9.10. The quantitative estimate of drug-likeness (QED) is 0.574. The molecule has 0 saturated carbocycles. The molecular weight excluding hydrogens is 312 g/mol. The number of carbonyl (C=O) groups is 1. The molecule has 1 nitrogen and oxygen atoms in total. The maximum absolute atomic E-state index is 11.9. The van der Waals surface area contributed by atoms with Gasteiger partial charge in [0.05, 0.1) is 5.02 Å². The van der Waals surface area contributed by atoms with Crippen LogP contribution in [0.25, 0.3) is 6.08 Å². The minimum atomic E-state index is -0.0967. The molecule has 0 bridgehead atoms. The first-order valence-corrected chi connectivity index (χ1v) is 6.56. The number of allylic oxidation sites excluding steroid dienone is 1. The maximum atomic E-state index is 11.9. The highest BCUT2D eigenvalue weighted by Crippen LogP contribution is 2.17. The molecule has 0 aliphatic heterocycles. The summed E-state index contributed by atoms with van der Waals surface area (Å²) >= 11 is 9.35. The molecule has 0 aliphatic rings. The minimum absolute atomic E-state index is 0.0967. The van der Waals surface area contributed by atoms with E-state index in [1.165, 1.54) is 6.08 Å². The van der Waals surface area contributed by atoms with Crippen molar-refractivity contribution in [1.29, 1.82) is 0 Å². The van der Waals surface area contributed by atoms with E-state index in [9.17, 15) is 4.79 Å². The summed E-state index contributed by atoms with van der Waals surface area (Å²) in [6.07, 6.45) is 3.30. The van der Waals surface area contributed by atoms with Crippen molar-refractivity contribution in [2.75, 3.05) is 0 Å². The van der Waals surface area contributed by atoms with Crippen molar-refractivity contribution in [3.8, 4) is 0 Å². The molecule has 0 unspecified atom stereocenters. The molecule has 0 spiro atoms. The monoisotopic (exact) mass is 320 g/mol. The largest absolute Gasteiger partial charge is 0.289 e. The smallest absolute Gasteiger partial charge is 0.187 e. The number of ketones is 1. The molecule has 0 N–H and O–H groups in total. The van der Waals surface area contributed by atoms with Gasteiger partial charge in [-0.3, -0.25) is 4.79 Å². The normalized spacial score (nSPS) is 10.8. The highest BCUT2D eigenvalue weighted by atomic mass is 79.9. The summed E-state index contributed by atoms with van der Waals surface area (Å²) in [7, 11) is 0. The van der Waals surface area contributed by atoms with Crippen LogP contribution in [0, 0.1) is 0 Å². The van der Waals surface area contributed by atoms with E-state index in [-0.39, 0.29) is 5.78 Å². The maximum Gasteiger partial charge on any atom is 0.187 e. The predicted molar refractivity (Wildman–Crippen MR) is 79.0 cm³/mol. The van der Waals surface area contributed by atoms with Crippen LogP contribution in [0.4, 0.5) is 0 Å². The lowest BCUT2D eigenvalue weighted by molar-refractivity contribution is 0.104. The van der Waals surface area contributed by atoms with Crippen LogP contribution in [0.2, 0.25) is 5.02 Å². The van der Waals surface area contributed by atoms with E-state index >= 15 is 0 Å². The topological polar surface area (TPSA) is 17.1 Å². The Bertz CT molecular complexity index is 605. The second-order valence-corrected chi connectivity index (χ2v) is 5.06. The zero-order valence-corrected chi connectivity index (χ0v) is 11.8. The van der Waals surface area contributed by atoms with Crippen molar-refractivity contribution >= 4 is 39.4 Å². The summed E-state index contributed by atoms with van der Waals surface area (Å²) in [6, 6.07) is 14.8. The lowest BCUT2D eigenvalue weighted by Gasteiger charge is -1.98. The van der Waals surface area contributed by atoms with Gasteiger partial charge in [0, 0.05) is 10.0 Å². The van der Waals surface area contributed by atoms with E-state index < -0.39 is 0 Å². The van der Waals surface area contributed by atoms with Crippen molar-refractivity contribution in [3.63, 3.8) is 0 Å². The number of halogens is 2. The fourth-order valence-electron chi connectivity index (χ4n) is 1.53. The van der Waals surface area contributed by atoms with E-state index in [1.807, 2.05) is 24.3 Å². The Morgan fingerprint density at radius 2 is 1.89 bits per heavy atom. The molecule has 0 aromatic heterocycles. The Morgan fingerprint density at radius 1 is 1.11 bits per heavy atom. The van der Waals surface area contributed by atoms with Gasteiger partial charge in [0.15, 0.2) is 5.78 Å². The van der Waals surface area contributed by atoms with Gasteiger partial charge in [0.1, 0.15) is 0 Å². The van der Waals surface area contributed by atoms with Crippen LogP contribution >= 0.6 is 27.5 Å². The van der Waals surface area contributed by atoms with Gasteiger partial charge in [0.25, 0.3) is 0 Å². The lowest BCUT2D eigenvalue weighted by Crippen LogP contribution is -1.94. The van der Waals surface area contributed by atoms with Gasteiger partial charge >= 0.3 is 0 Å². The van der Waals surface area contributed by atoms with Crippen LogP contribution in [-0.4, -0.2) is 5.78 Å². The van der Waals surface area contributed by atoms with E-state index in [4.69, 9.17) is 11.6 Å². The molecule has 0 atom stereocenters. The summed E-state index contributed by atoms with van der Waals surface area (Å²) in [5.74, 6) is -0.0967. The third-order valence-corrected chi connectivity index (χ3v) is 3.24. The number of carbonyl (C=O) groups excluding carboxylic acids is 1. The van der Waals surface area contributed by atoms with E-state index in [1.54, 1.807) is 30.3 Å². The fraction of sp³-hybridized carbons (Fsp3) is 0. The van der Waals surface area contributed by atoms with Crippen molar-refractivity contribution in [2.24, 2.45) is 0 Å². The first-order valence-electron chi connectivity index (χ1n) is 5.39. The number of hydrogen-bond acceptors (Lipinski definition) is 1. The number of benzene rings is 2. The molecule has 0 saturated heterocycles. The van der Waals surface area contributed by atoms with Gasteiger partial charge in [-0.15, -0.1) is 0 Å². The van der Waals surface area contributed by atoms with Crippen molar-refractivity contribution in [3.05, 3.63) is 75.2 Å². The van der Waals surface area contributed by atoms with Crippen LogP contribution in [0.3, 0.4) is 0 Å². The Kier molecular flexibility index (Phi) is 4.34. The fourth-order valence-corrected chi connectivity index (χ4v) is 2.18.